The largest absolute Gasteiger partial charge is 0.368 e. The van der Waals surface area contributed by atoms with Gasteiger partial charge in [-0.05, 0) is 25.1 Å². The molecule has 18 heavy (non-hydrogen) atoms. The summed E-state index contributed by atoms with van der Waals surface area (Å²) in [5.74, 6) is -0.793. The molecular weight excluding hydrogens is 278 g/mol. The summed E-state index contributed by atoms with van der Waals surface area (Å²) >= 11 is 5.73. The summed E-state index contributed by atoms with van der Waals surface area (Å²) in [7, 11) is -3.90. The number of nitrogens with zero attached hydrogens (tertiary/aromatic N) is 1. The number of amides is 1. The summed E-state index contributed by atoms with van der Waals surface area (Å²) in [5.41, 5.74) is 5.13. The fourth-order valence-electron chi connectivity index (χ4n) is 1.11. The maximum Gasteiger partial charge on any atom is 0.241 e. The van der Waals surface area contributed by atoms with Crippen LogP contribution < -0.4 is 10.5 Å². The van der Waals surface area contributed by atoms with Crippen molar-refractivity contribution in [2.24, 2.45) is 5.73 Å². The molecule has 0 aliphatic rings. The van der Waals surface area contributed by atoms with Gasteiger partial charge in [0.1, 0.15) is 6.07 Å². The highest BCUT2D eigenvalue weighted by atomic mass is 35.5. The van der Waals surface area contributed by atoms with E-state index < -0.39 is 22.0 Å². The van der Waals surface area contributed by atoms with Crippen LogP contribution >= 0.6 is 11.6 Å². The highest BCUT2D eigenvalue weighted by Crippen LogP contribution is 2.20. The lowest BCUT2D eigenvalue weighted by Crippen LogP contribution is -2.42. The second kappa shape index (κ2) is 5.35. The molecule has 3 N–H and O–H groups in total. The zero-order chi connectivity index (χ0) is 13.9. The summed E-state index contributed by atoms with van der Waals surface area (Å²) in [4.78, 5) is 10.7. The Morgan fingerprint density at radius 2 is 2.17 bits per heavy atom. The van der Waals surface area contributed by atoms with E-state index >= 15 is 0 Å². The average molecular weight is 288 g/mol. The van der Waals surface area contributed by atoms with Crippen LogP contribution in [-0.4, -0.2) is 20.4 Å². The summed E-state index contributed by atoms with van der Waals surface area (Å²) in [6.45, 7) is 1.32. The zero-order valence-electron chi connectivity index (χ0n) is 9.34. The van der Waals surface area contributed by atoms with Gasteiger partial charge < -0.3 is 5.73 Å². The number of nitriles is 1. The lowest BCUT2D eigenvalue weighted by molar-refractivity contribution is -0.119. The zero-order valence-corrected chi connectivity index (χ0v) is 10.9. The molecule has 0 bridgehead atoms. The molecule has 96 valence electrons. The van der Waals surface area contributed by atoms with Crippen molar-refractivity contribution >= 4 is 27.5 Å². The van der Waals surface area contributed by atoms with Crippen LogP contribution in [0, 0.1) is 11.3 Å². The van der Waals surface area contributed by atoms with Crippen molar-refractivity contribution in [2.75, 3.05) is 0 Å². The van der Waals surface area contributed by atoms with E-state index in [2.05, 4.69) is 4.72 Å². The maximum absolute atomic E-state index is 11.8. The molecule has 1 aromatic carbocycles. The molecule has 0 saturated carbocycles. The minimum atomic E-state index is -3.90. The van der Waals surface area contributed by atoms with Gasteiger partial charge in [-0.25, -0.2) is 8.42 Å². The number of benzene rings is 1. The first-order valence-corrected chi connectivity index (χ1v) is 6.65. The molecule has 1 amide bonds. The fourth-order valence-corrected chi connectivity index (χ4v) is 2.64. The monoisotopic (exact) mass is 287 g/mol. The van der Waals surface area contributed by atoms with Crippen LogP contribution in [0.4, 0.5) is 0 Å². The van der Waals surface area contributed by atoms with Gasteiger partial charge in [0.25, 0.3) is 0 Å². The second-order valence-electron chi connectivity index (χ2n) is 3.50. The first kappa shape index (κ1) is 14.4. The Balaban J connectivity index is 3.11. The summed E-state index contributed by atoms with van der Waals surface area (Å²) in [6.07, 6.45) is 0. The second-order valence-corrected chi connectivity index (χ2v) is 5.62. The van der Waals surface area contributed by atoms with Crippen LogP contribution in [0.5, 0.6) is 0 Å². The molecule has 0 heterocycles. The number of nitrogens with two attached hydrogens (primary N) is 1. The number of rotatable bonds is 4. The van der Waals surface area contributed by atoms with Gasteiger partial charge in [-0.1, -0.05) is 11.6 Å². The normalized spacial score (nSPS) is 12.7. The fraction of sp³-hybridized carbons (Fsp3) is 0.200. The average Bonchev–Trinajstić information content (AvgIpc) is 2.28. The molecule has 1 aromatic rings. The van der Waals surface area contributed by atoms with Crippen LogP contribution in [0.2, 0.25) is 5.02 Å². The molecule has 1 rings (SSSR count). The topological polar surface area (TPSA) is 113 Å². The Hall–Kier alpha value is -1.62. The molecule has 6 nitrogen and oxygen atoms in total. The van der Waals surface area contributed by atoms with Gasteiger partial charge in [-0.2, -0.15) is 9.98 Å². The van der Waals surface area contributed by atoms with Gasteiger partial charge in [0.2, 0.25) is 15.9 Å². The molecule has 0 aliphatic carbocycles. The van der Waals surface area contributed by atoms with Crippen molar-refractivity contribution in [1.82, 2.24) is 4.72 Å². The molecule has 0 spiro atoms. The molecule has 0 saturated heterocycles. The number of hydrogen-bond donors (Lipinski definition) is 2. The van der Waals surface area contributed by atoms with E-state index in [0.717, 1.165) is 6.07 Å². The molecule has 0 fully saturated rings. The SMILES string of the molecule is CC(NS(=O)(=O)c1ccc(C#N)c(Cl)c1)C(N)=O. The van der Waals surface area contributed by atoms with E-state index in [0.29, 0.717) is 0 Å². The number of carbonyl (C=O) groups is 1. The number of nitrogens with one attached hydrogen (secondary N) is 1. The molecule has 8 heteroatoms. The van der Waals surface area contributed by atoms with E-state index in [-0.39, 0.29) is 15.5 Å². The van der Waals surface area contributed by atoms with Crippen molar-refractivity contribution in [2.45, 2.75) is 17.9 Å². The molecule has 1 unspecified atom stereocenters. The molecule has 0 aliphatic heterocycles. The number of halogens is 1. The van der Waals surface area contributed by atoms with Crippen molar-refractivity contribution < 1.29 is 13.2 Å². The van der Waals surface area contributed by atoms with Crippen LogP contribution in [0.3, 0.4) is 0 Å². The molecule has 0 aromatic heterocycles. The van der Waals surface area contributed by atoms with Crippen LogP contribution in [0.25, 0.3) is 0 Å². The predicted molar refractivity (Wildman–Crippen MR) is 65.1 cm³/mol. The third-order valence-corrected chi connectivity index (χ3v) is 3.98. The van der Waals surface area contributed by atoms with E-state index in [4.69, 9.17) is 22.6 Å². The lowest BCUT2D eigenvalue weighted by atomic mass is 10.2. The Labute approximate surface area is 109 Å². The van der Waals surface area contributed by atoms with Gasteiger partial charge in [0.15, 0.2) is 0 Å². The lowest BCUT2D eigenvalue weighted by Gasteiger charge is -2.11. The first-order valence-electron chi connectivity index (χ1n) is 4.79. The van der Waals surface area contributed by atoms with Crippen molar-refractivity contribution in [1.29, 1.82) is 5.26 Å². The van der Waals surface area contributed by atoms with Gasteiger partial charge in [-0.3, -0.25) is 4.79 Å². The first-order chi connectivity index (χ1) is 8.27. The van der Waals surface area contributed by atoms with Gasteiger partial charge in [0, 0.05) is 0 Å². The highest BCUT2D eigenvalue weighted by molar-refractivity contribution is 7.89. The highest BCUT2D eigenvalue weighted by Gasteiger charge is 2.21. The third kappa shape index (κ3) is 3.20. The Morgan fingerprint density at radius 1 is 1.56 bits per heavy atom. The van der Waals surface area contributed by atoms with Gasteiger partial charge in [-0.15, -0.1) is 0 Å². The molecule has 0 radical (unpaired) electrons. The predicted octanol–water partition coefficient (Wildman–Crippen LogP) is 0.364. The number of primary amides is 1. The Kier molecular flexibility index (Phi) is 4.29. The summed E-state index contributed by atoms with van der Waals surface area (Å²) in [6, 6.07) is 4.42. The van der Waals surface area contributed by atoms with Crippen LogP contribution in [-0.2, 0) is 14.8 Å². The molecule has 1 atom stereocenters. The minimum absolute atomic E-state index is 0.0205. The maximum atomic E-state index is 11.8. The quantitative estimate of drug-likeness (QED) is 0.832. The number of carbonyl (C=O) groups excluding carboxylic acids is 1. The van der Waals surface area contributed by atoms with E-state index in [1.807, 2.05) is 6.07 Å². The summed E-state index contributed by atoms with van der Waals surface area (Å²) < 4.78 is 25.8. The van der Waals surface area contributed by atoms with Gasteiger partial charge in [0.05, 0.1) is 21.5 Å². The van der Waals surface area contributed by atoms with E-state index in [1.165, 1.54) is 19.1 Å². The van der Waals surface area contributed by atoms with Crippen LogP contribution in [0.1, 0.15) is 12.5 Å². The van der Waals surface area contributed by atoms with E-state index in [1.54, 1.807) is 0 Å². The van der Waals surface area contributed by atoms with Crippen molar-refractivity contribution in [3.63, 3.8) is 0 Å². The van der Waals surface area contributed by atoms with Crippen molar-refractivity contribution in [3.8, 4) is 6.07 Å². The van der Waals surface area contributed by atoms with E-state index in [9.17, 15) is 13.2 Å². The summed E-state index contributed by atoms with van der Waals surface area (Å²) in [5, 5.41) is 8.69. The number of sulfonamides is 1. The van der Waals surface area contributed by atoms with Crippen molar-refractivity contribution in [3.05, 3.63) is 28.8 Å². The Bertz CT molecular complexity index is 622. The van der Waals surface area contributed by atoms with Crippen LogP contribution in [0.15, 0.2) is 23.1 Å². The smallest absolute Gasteiger partial charge is 0.241 e. The number of hydrogen-bond acceptors (Lipinski definition) is 4. The minimum Gasteiger partial charge on any atom is -0.368 e. The molecular formula is C10H10ClN3O3S. The Morgan fingerprint density at radius 3 is 2.61 bits per heavy atom. The van der Waals surface area contributed by atoms with Gasteiger partial charge >= 0.3 is 0 Å². The third-order valence-electron chi connectivity index (χ3n) is 2.13. The standard InChI is InChI=1S/C10H10ClN3O3S/c1-6(10(13)15)14-18(16,17)8-3-2-7(5-12)9(11)4-8/h2-4,6,14H,1H3,(H2,13,15).